The Labute approximate surface area is 434 Å². The smallest absolute Gasteiger partial charge is 0.407 e. The minimum absolute atomic E-state index is 0.0214. The first-order chi connectivity index (χ1) is 35.7. The first-order valence-corrected chi connectivity index (χ1v) is 24.9. The average Bonchev–Trinajstić information content (AvgIpc) is 4.15. The predicted molar refractivity (Wildman–Crippen MR) is 271 cm³/mol. The Morgan fingerprint density at radius 2 is 1.23 bits per heavy atom. The second-order valence-electron chi connectivity index (χ2n) is 18.0. The molecule has 0 bridgehead atoms. The summed E-state index contributed by atoms with van der Waals surface area (Å²) < 4.78 is 44.8. The maximum atomic E-state index is 15.4. The lowest BCUT2D eigenvalue weighted by molar-refractivity contribution is -0.182. The monoisotopic (exact) mass is 1050 g/mol. The highest BCUT2D eigenvalue weighted by Gasteiger charge is 2.30. The van der Waals surface area contributed by atoms with Crippen LogP contribution in [0, 0.1) is 35.3 Å². The van der Waals surface area contributed by atoms with E-state index >= 15 is 4.39 Å². The number of alkyl carbamates (subject to hydrolysis) is 1. The Kier molecular flexibility index (Phi) is 23.5. The first-order valence-electron chi connectivity index (χ1n) is 24.5. The third-order valence-electron chi connectivity index (χ3n) is 12.4. The van der Waals surface area contributed by atoms with E-state index in [4.69, 9.17) is 30.6 Å². The largest absolute Gasteiger partial charge is 0.467 e. The van der Waals surface area contributed by atoms with Crippen LogP contribution in [0.1, 0.15) is 88.7 Å². The lowest BCUT2D eigenvalue weighted by Crippen LogP contribution is -2.42. The quantitative estimate of drug-likeness (QED) is 0.0211. The van der Waals surface area contributed by atoms with Crippen molar-refractivity contribution < 1.29 is 51.8 Å². The topological polar surface area (TPSA) is 252 Å². The van der Waals surface area contributed by atoms with Gasteiger partial charge in [-0.05, 0) is 42.2 Å². The second-order valence-corrected chi connectivity index (χ2v) is 18.4. The summed E-state index contributed by atoms with van der Waals surface area (Å²) in [4.78, 5) is 85.0. The van der Waals surface area contributed by atoms with Gasteiger partial charge in [-0.3, -0.25) is 45.7 Å². The van der Waals surface area contributed by atoms with Crippen LogP contribution in [0.3, 0.4) is 0 Å². The van der Waals surface area contributed by atoms with E-state index in [1.807, 2.05) is 60.7 Å². The molecule has 6 N–H and O–H groups in total. The molecule has 2 saturated carbocycles. The zero-order valence-corrected chi connectivity index (χ0v) is 43.1. The molecule has 2 heterocycles. The van der Waals surface area contributed by atoms with Gasteiger partial charge in [-0.2, -0.15) is 28.7 Å². The lowest BCUT2D eigenvalue weighted by atomic mass is 9.92. The number of hydroxylamine groups is 2. The molecule has 74 heavy (non-hydrogen) atoms. The number of benzene rings is 2. The highest BCUT2D eigenvalue weighted by Crippen LogP contribution is 2.32. The van der Waals surface area contributed by atoms with E-state index in [0.29, 0.717) is 37.5 Å². The molecule has 0 aliphatic heterocycles. The molecule has 1 unspecified atom stereocenters. The van der Waals surface area contributed by atoms with Gasteiger partial charge < -0.3 is 29.7 Å². The lowest BCUT2D eigenvalue weighted by Gasteiger charge is -2.25. The van der Waals surface area contributed by atoms with Crippen molar-refractivity contribution in [2.24, 2.45) is 23.7 Å². The maximum absolute atomic E-state index is 15.4. The van der Waals surface area contributed by atoms with Gasteiger partial charge in [-0.25, -0.2) is 9.86 Å². The van der Waals surface area contributed by atoms with Gasteiger partial charge in [-0.15, -0.1) is 0 Å². The summed E-state index contributed by atoms with van der Waals surface area (Å²) in [6.07, 6.45) is 9.93. The summed E-state index contributed by atoms with van der Waals surface area (Å²) in [7, 11) is 5.84. The Bertz CT molecular complexity index is 2420. The SMILES string of the molecule is CCC(Nc1nc(OC)nc(NNC(=O)[C@H](CC2CCCC2)CN(C=O)OCc2ccccc2)c1F)C(=O)N(C)C.COc1nc(Cl)c(F)c(NNC(=O)[C@@H](CNC(=O)OCc2ccccc2)CC2CCCC2)n1. The van der Waals surface area contributed by atoms with E-state index in [1.165, 1.54) is 19.1 Å². The van der Waals surface area contributed by atoms with Crippen LogP contribution in [0.25, 0.3) is 0 Å². The summed E-state index contributed by atoms with van der Waals surface area (Å²) in [5, 5.41) is 6.13. The number of halogens is 3. The molecule has 21 nitrogen and oxygen atoms in total. The van der Waals surface area contributed by atoms with Gasteiger partial charge in [0.25, 0.3) is 0 Å². The maximum Gasteiger partial charge on any atom is 0.407 e. The van der Waals surface area contributed by atoms with Crippen molar-refractivity contribution in [3.63, 3.8) is 0 Å². The van der Waals surface area contributed by atoms with E-state index in [9.17, 15) is 28.4 Å². The van der Waals surface area contributed by atoms with Gasteiger partial charge in [0.2, 0.25) is 35.8 Å². The molecule has 0 saturated heterocycles. The molecule has 2 fully saturated rings. The summed E-state index contributed by atoms with van der Waals surface area (Å²) >= 11 is 5.73. The van der Waals surface area contributed by atoms with E-state index in [0.717, 1.165) is 67.6 Å². The molecular formula is C50H67ClF2N12O9. The molecule has 402 valence electrons. The minimum Gasteiger partial charge on any atom is -0.467 e. The number of carbonyl (C=O) groups excluding carboxylic acids is 5. The van der Waals surface area contributed by atoms with Gasteiger partial charge >= 0.3 is 18.1 Å². The number of carbonyl (C=O) groups is 5. The van der Waals surface area contributed by atoms with Gasteiger partial charge in [0, 0.05) is 20.6 Å². The number of nitrogens with one attached hydrogen (secondary N) is 6. The van der Waals surface area contributed by atoms with Crippen molar-refractivity contribution in [2.75, 3.05) is 57.6 Å². The minimum atomic E-state index is -0.923. The van der Waals surface area contributed by atoms with E-state index < -0.39 is 52.6 Å². The van der Waals surface area contributed by atoms with Crippen LogP contribution in [0.2, 0.25) is 5.15 Å². The zero-order valence-electron chi connectivity index (χ0n) is 42.3. The van der Waals surface area contributed by atoms with Crippen LogP contribution < -0.4 is 41.8 Å². The number of nitrogens with zero attached hydrogens (tertiary/aromatic N) is 6. The Morgan fingerprint density at radius 3 is 1.76 bits per heavy atom. The number of hydrogen-bond donors (Lipinski definition) is 6. The fraction of sp³-hybridized carbons (Fsp3) is 0.500. The van der Waals surface area contributed by atoms with Gasteiger partial charge in [0.15, 0.2) is 22.6 Å². The van der Waals surface area contributed by atoms with E-state index in [-0.39, 0.29) is 61.7 Å². The molecule has 4 aromatic rings. The Morgan fingerprint density at radius 1 is 0.730 bits per heavy atom. The normalized spacial score (nSPS) is 14.5. The summed E-state index contributed by atoms with van der Waals surface area (Å²) in [5.41, 5.74) is 11.7. The number of hydrogen-bond acceptors (Lipinski definition) is 16. The number of rotatable bonds is 26. The molecule has 2 aromatic carbocycles. The predicted octanol–water partition coefficient (Wildman–Crippen LogP) is 6.98. The summed E-state index contributed by atoms with van der Waals surface area (Å²) in [6.45, 7) is 2.18. The molecule has 6 rings (SSSR count). The number of methoxy groups -OCH3 is 2. The molecule has 2 aromatic heterocycles. The molecular weight excluding hydrogens is 986 g/mol. The molecule has 0 spiro atoms. The number of anilines is 3. The third-order valence-corrected chi connectivity index (χ3v) is 12.7. The van der Waals surface area contributed by atoms with Crippen LogP contribution in [-0.2, 0) is 42.0 Å². The van der Waals surface area contributed by atoms with Crippen LogP contribution in [0.5, 0.6) is 12.0 Å². The number of likely N-dealkylation sites (N-methyl/N-ethyl adjacent to an activating group) is 1. The fourth-order valence-electron chi connectivity index (χ4n) is 8.43. The number of amides is 5. The van der Waals surface area contributed by atoms with Crippen LogP contribution in [0.15, 0.2) is 60.7 Å². The Balaban J connectivity index is 0.000000280. The summed E-state index contributed by atoms with van der Waals surface area (Å²) in [6, 6.07) is 17.6. The van der Waals surface area contributed by atoms with Crippen LogP contribution >= 0.6 is 11.6 Å². The fourth-order valence-corrected chi connectivity index (χ4v) is 8.59. The highest BCUT2D eigenvalue weighted by atomic mass is 35.5. The number of ether oxygens (including phenoxy) is 3. The van der Waals surface area contributed by atoms with Crippen LogP contribution in [-0.4, -0.2) is 108 Å². The average molecular weight is 1050 g/mol. The molecule has 3 atom stereocenters. The standard InChI is InChI=1S/C28H40FN7O5.C22H27ClFN5O4/c1-5-22(27(39)35(2)3)30-24-23(29)25(32-28(31-24)40-4)33-34-26(38)21(15-19-11-9-10-12-19)16-36(18-37)41-17-20-13-7-6-8-14-20;1-32-21-26-18(23)17(24)19(27-21)28-29-20(30)16(11-14-7-5-6-8-14)12-25-22(31)33-13-15-9-3-2-4-10-15/h6-8,13-14,18-19,21-22H,5,9-12,15-17H2,1-4H3,(H,34,38)(H2,30,31,32,33);2-4,9-10,14,16H,5-8,11-13H2,1H3,(H,25,31)(H,29,30)(H,26,27,28)/t21-,22?;16-/m11/s1. The van der Waals surface area contributed by atoms with Crippen molar-refractivity contribution in [3.8, 4) is 12.0 Å². The first kappa shape index (κ1) is 57.8. The number of aromatic nitrogens is 4. The molecule has 2 aliphatic carbocycles. The molecule has 24 heteroatoms. The summed E-state index contributed by atoms with van der Waals surface area (Å²) in [5.74, 6) is -4.32. The molecule has 2 aliphatic rings. The van der Waals surface area contributed by atoms with Crippen LogP contribution in [0.4, 0.5) is 31.0 Å². The van der Waals surface area contributed by atoms with Crippen molar-refractivity contribution in [1.29, 1.82) is 0 Å². The van der Waals surface area contributed by atoms with Crippen molar-refractivity contribution in [3.05, 3.63) is 88.6 Å². The highest BCUT2D eigenvalue weighted by molar-refractivity contribution is 6.29. The van der Waals surface area contributed by atoms with Crippen molar-refractivity contribution in [1.82, 2.24) is 46.1 Å². The second kappa shape index (κ2) is 30.2. The Hall–Kier alpha value is -7.14. The number of hydrazine groups is 2. The molecule has 5 amide bonds. The van der Waals surface area contributed by atoms with Gasteiger partial charge in [0.05, 0.1) is 32.6 Å². The van der Waals surface area contributed by atoms with Crippen molar-refractivity contribution >= 4 is 59.3 Å². The van der Waals surface area contributed by atoms with Crippen molar-refractivity contribution in [2.45, 2.75) is 96.8 Å². The van der Waals surface area contributed by atoms with E-state index in [1.54, 1.807) is 21.0 Å². The van der Waals surface area contributed by atoms with Gasteiger partial charge in [0.1, 0.15) is 19.3 Å². The molecule has 0 radical (unpaired) electrons. The third kappa shape index (κ3) is 18.4. The van der Waals surface area contributed by atoms with E-state index in [2.05, 4.69) is 52.3 Å². The van der Waals surface area contributed by atoms with Gasteiger partial charge in [-0.1, -0.05) is 131 Å². The zero-order chi connectivity index (χ0) is 53.4.